The molecule has 4 heterocycles. The maximum absolute atomic E-state index is 12.8. The molecular formula is C20H19N5O3. The summed E-state index contributed by atoms with van der Waals surface area (Å²) in [7, 11) is 0. The predicted molar refractivity (Wildman–Crippen MR) is 102 cm³/mol. The molecule has 8 heteroatoms. The number of fused-ring (bicyclic) bond motifs is 1. The highest BCUT2D eigenvalue weighted by molar-refractivity contribution is 5.95. The van der Waals surface area contributed by atoms with Gasteiger partial charge in [-0.25, -0.2) is 9.97 Å². The fourth-order valence-electron chi connectivity index (χ4n) is 3.49. The summed E-state index contributed by atoms with van der Waals surface area (Å²) in [4.78, 5) is 25.6. The largest absolute Gasteiger partial charge is 0.454 e. The van der Waals surface area contributed by atoms with E-state index in [0.29, 0.717) is 30.2 Å². The average Bonchev–Trinajstić information content (AvgIpc) is 3.45. The molecule has 8 nitrogen and oxygen atoms in total. The average molecular weight is 377 g/mol. The zero-order valence-corrected chi connectivity index (χ0v) is 15.2. The number of piperazine rings is 1. The van der Waals surface area contributed by atoms with Gasteiger partial charge in [-0.1, -0.05) is 0 Å². The number of carbonyl (C=O) groups excluding carboxylic acids is 1. The highest BCUT2D eigenvalue weighted by Crippen LogP contribution is 2.33. The fourth-order valence-corrected chi connectivity index (χ4v) is 3.49. The van der Waals surface area contributed by atoms with Gasteiger partial charge in [0.2, 0.25) is 6.79 Å². The molecule has 0 saturated carbocycles. The van der Waals surface area contributed by atoms with Crippen LogP contribution in [0.4, 0.5) is 5.82 Å². The van der Waals surface area contributed by atoms with Crippen LogP contribution in [0.1, 0.15) is 10.4 Å². The molecule has 5 rings (SSSR count). The molecule has 1 aromatic carbocycles. The molecule has 2 aromatic heterocycles. The van der Waals surface area contributed by atoms with Crippen molar-refractivity contribution >= 4 is 11.7 Å². The molecule has 0 atom stereocenters. The number of carbonyl (C=O) groups is 1. The lowest BCUT2D eigenvalue weighted by molar-refractivity contribution is 0.0746. The number of anilines is 1. The molecule has 1 amide bonds. The van der Waals surface area contributed by atoms with E-state index in [-0.39, 0.29) is 12.7 Å². The molecule has 0 spiro atoms. The number of aromatic nitrogens is 3. The Balaban J connectivity index is 1.26. The molecule has 2 aliphatic heterocycles. The minimum atomic E-state index is 0.00803. The van der Waals surface area contributed by atoms with Crippen molar-refractivity contribution < 1.29 is 14.3 Å². The zero-order chi connectivity index (χ0) is 18.9. The zero-order valence-electron chi connectivity index (χ0n) is 15.2. The van der Waals surface area contributed by atoms with Crippen molar-refractivity contribution in [2.75, 3.05) is 37.9 Å². The van der Waals surface area contributed by atoms with E-state index in [1.165, 1.54) is 0 Å². The van der Waals surface area contributed by atoms with Crippen LogP contribution >= 0.6 is 0 Å². The summed E-state index contributed by atoms with van der Waals surface area (Å²) in [6.07, 6.45) is 5.48. The van der Waals surface area contributed by atoms with E-state index < -0.39 is 0 Å². The van der Waals surface area contributed by atoms with Gasteiger partial charge in [-0.05, 0) is 30.3 Å². The number of ether oxygens (including phenoxy) is 2. The first-order valence-electron chi connectivity index (χ1n) is 9.17. The Morgan fingerprint density at radius 1 is 0.893 bits per heavy atom. The third kappa shape index (κ3) is 3.02. The maximum atomic E-state index is 12.8. The maximum Gasteiger partial charge on any atom is 0.254 e. The normalized spacial score (nSPS) is 15.7. The SMILES string of the molecule is O=C(c1ccc2c(c1)OCO2)N1CCN(c2cc(-n3cccc3)ncn2)CC1. The molecule has 1 fully saturated rings. The van der Waals surface area contributed by atoms with Gasteiger partial charge in [-0.15, -0.1) is 0 Å². The van der Waals surface area contributed by atoms with E-state index in [1.807, 2.05) is 40.1 Å². The molecule has 0 unspecified atom stereocenters. The lowest BCUT2D eigenvalue weighted by Gasteiger charge is -2.35. The monoisotopic (exact) mass is 377 g/mol. The van der Waals surface area contributed by atoms with Crippen LogP contribution < -0.4 is 14.4 Å². The Morgan fingerprint density at radius 2 is 1.64 bits per heavy atom. The van der Waals surface area contributed by atoms with Crippen molar-refractivity contribution in [2.24, 2.45) is 0 Å². The summed E-state index contributed by atoms with van der Waals surface area (Å²) in [6, 6.07) is 11.2. The van der Waals surface area contributed by atoms with Gasteiger partial charge in [0.25, 0.3) is 5.91 Å². The van der Waals surface area contributed by atoms with E-state index in [2.05, 4.69) is 14.9 Å². The van der Waals surface area contributed by atoms with E-state index in [4.69, 9.17) is 9.47 Å². The highest BCUT2D eigenvalue weighted by Gasteiger charge is 2.25. The Morgan fingerprint density at radius 3 is 2.46 bits per heavy atom. The molecule has 0 bridgehead atoms. The minimum absolute atomic E-state index is 0.00803. The Labute approximate surface area is 161 Å². The fraction of sp³-hybridized carbons (Fsp3) is 0.250. The summed E-state index contributed by atoms with van der Waals surface area (Å²) in [5.41, 5.74) is 0.620. The van der Waals surface area contributed by atoms with Crippen molar-refractivity contribution in [3.63, 3.8) is 0 Å². The van der Waals surface area contributed by atoms with E-state index in [1.54, 1.807) is 24.5 Å². The molecule has 1 saturated heterocycles. The van der Waals surface area contributed by atoms with Crippen LogP contribution in [0.25, 0.3) is 5.82 Å². The first-order valence-corrected chi connectivity index (χ1v) is 9.17. The smallest absolute Gasteiger partial charge is 0.254 e. The van der Waals surface area contributed by atoms with E-state index in [9.17, 15) is 4.79 Å². The van der Waals surface area contributed by atoms with Crippen LogP contribution in [0.15, 0.2) is 55.1 Å². The number of nitrogens with zero attached hydrogens (tertiary/aromatic N) is 5. The van der Waals surface area contributed by atoms with Crippen LogP contribution in [0.2, 0.25) is 0 Å². The second kappa shape index (κ2) is 6.88. The van der Waals surface area contributed by atoms with Crippen LogP contribution in [-0.2, 0) is 0 Å². The van der Waals surface area contributed by atoms with Gasteiger partial charge < -0.3 is 23.8 Å². The second-order valence-electron chi connectivity index (χ2n) is 6.67. The summed E-state index contributed by atoms with van der Waals surface area (Å²) in [5, 5.41) is 0. The van der Waals surface area contributed by atoms with Gasteiger partial charge >= 0.3 is 0 Å². The lowest BCUT2D eigenvalue weighted by atomic mass is 10.1. The van der Waals surface area contributed by atoms with Crippen molar-refractivity contribution in [1.29, 1.82) is 0 Å². The first-order chi connectivity index (χ1) is 13.8. The second-order valence-corrected chi connectivity index (χ2v) is 6.67. The molecule has 0 radical (unpaired) electrons. The first kappa shape index (κ1) is 16.6. The number of benzene rings is 1. The third-order valence-corrected chi connectivity index (χ3v) is 5.02. The number of hydrogen-bond donors (Lipinski definition) is 0. The molecular weight excluding hydrogens is 358 g/mol. The summed E-state index contributed by atoms with van der Waals surface area (Å²) in [5.74, 6) is 3.02. The van der Waals surface area contributed by atoms with Crippen molar-refractivity contribution in [1.82, 2.24) is 19.4 Å². The van der Waals surface area contributed by atoms with Crippen LogP contribution in [0, 0.1) is 0 Å². The standard InChI is InChI=1S/C20H19N5O3/c26-20(15-3-4-16-17(11-15)28-14-27-16)25-9-7-24(8-10-25)19-12-18(21-13-22-19)23-5-1-2-6-23/h1-6,11-13H,7-10,14H2. The topological polar surface area (TPSA) is 72.7 Å². The molecule has 28 heavy (non-hydrogen) atoms. The van der Waals surface area contributed by atoms with Gasteiger partial charge in [0, 0.05) is 50.2 Å². The van der Waals surface area contributed by atoms with Gasteiger partial charge in [0.1, 0.15) is 18.0 Å². The number of hydrogen-bond acceptors (Lipinski definition) is 6. The van der Waals surface area contributed by atoms with Gasteiger partial charge in [0.15, 0.2) is 11.5 Å². The van der Waals surface area contributed by atoms with Gasteiger partial charge in [0.05, 0.1) is 0 Å². The molecule has 0 aliphatic carbocycles. The van der Waals surface area contributed by atoms with Gasteiger partial charge in [-0.3, -0.25) is 4.79 Å². The van der Waals surface area contributed by atoms with Gasteiger partial charge in [-0.2, -0.15) is 0 Å². The van der Waals surface area contributed by atoms with Crippen LogP contribution in [0.5, 0.6) is 11.5 Å². The summed E-state index contributed by atoms with van der Waals surface area (Å²) >= 11 is 0. The Bertz CT molecular complexity index is 997. The number of amides is 1. The summed E-state index contributed by atoms with van der Waals surface area (Å²) < 4.78 is 12.6. The Hall–Kier alpha value is -3.55. The molecule has 2 aliphatic rings. The van der Waals surface area contributed by atoms with Crippen molar-refractivity contribution in [2.45, 2.75) is 0 Å². The minimum Gasteiger partial charge on any atom is -0.454 e. The molecule has 0 N–H and O–H groups in total. The van der Waals surface area contributed by atoms with Crippen molar-refractivity contribution in [3.05, 3.63) is 60.7 Å². The number of rotatable bonds is 3. The summed E-state index contributed by atoms with van der Waals surface area (Å²) in [6.45, 7) is 2.92. The Kier molecular flexibility index (Phi) is 4.08. The third-order valence-electron chi connectivity index (χ3n) is 5.02. The van der Waals surface area contributed by atoms with Crippen molar-refractivity contribution in [3.8, 4) is 17.3 Å². The molecule has 3 aromatic rings. The highest BCUT2D eigenvalue weighted by atomic mass is 16.7. The quantitative estimate of drug-likeness (QED) is 0.695. The van der Waals surface area contributed by atoms with E-state index in [0.717, 1.165) is 24.7 Å². The molecule has 142 valence electrons. The van der Waals surface area contributed by atoms with E-state index >= 15 is 0 Å². The lowest BCUT2D eigenvalue weighted by Crippen LogP contribution is -2.49. The predicted octanol–water partition coefficient (Wildman–Crippen LogP) is 1.96. The van der Waals surface area contributed by atoms with Crippen LogP contribution in [0.3, 0.4) is 0 Å². The van der Waals surface area contributed by atoms with Crippen LogP contribution in [-0.4, -0.2) is 58.3 Å².